The van der Waals surface area contributed by atoms with Gasteiger partial charge in [0, 0.05) is 86.1 Å². The molecule has 3 aliphatic heterocycles. The molecule has 103 heavy (non-hydrogen) atoms. The molecule has 0 aromatic heterocycles. The minimum atomic E-state index is -3.57. The van der Waals surface area contributed by atoms with Crippen molar-refractivity contribution in [2.45, 2.75) is 97.1 Å². The van der Waals surface area contributed by atoms with Gasteiger partial charge in [0.05, 0.1) is 62.3 Å². The Bertz CT molecular complexity index is 3940. The largest absolute Gasteiger partial charge is 0.508 e. The lowest BCUT2D eigenvalue weighted by molar-refractivity contribution is 0.0937. The summed E-state index contributed by atoms with van der Waals surface area (Å²) in [6, 6.07) is 33.1. The van der Waals surface area contributed by atoms with Crippen LogP contribution in [0.1, 0.15) is 140 Å². The molecule has 0 bridgehead atoms. The van der Waals surface area contributed by atoms with Crippen molar-refractivity contribution in [2.24, 2.45) is 16.2 Å². The predicted molar refractivity (Wildman–Crippen MR) is 431 cm³/mol. The van der Waals surface area contributed by atoms with Crippen LogP contribution in [0.5, 0.6) is 11.5 Å². The number of benzene rings is 6. The van der Waals surface area contributed by atoms with Gasteiger partial charge in [-0.05, 0) is 168 Å². The quantitative estimate of drug-likeness (QED) is 0.0135. The average molecular weight is 1940 g/mol. The number of halogens is 10. The second-order valence-electron chi connectivity index (χ2n) is 21.7. The van der Waals surface area contributed by atoms with Crippen molar-refractivity contribution < 1.29 is 81.0 Å². The first kappa shape index (κ1) is 96.7. The minimum absolute atomic E-state index is 0. The SMILES string of the molecule is BrB(Br)Br.BrCCCBr.CS(=O)(=O)Cl.CS(=O)(=O)O/N=C1\CCc2ccc(CO)cc21.Cl.ClCCl.NO.O=C1CCc2ccc(CO)cc21.O=C1NCCc2ccc(CO)cc21.O=C1NCCc2ccc(O)cc21.O=C1NCCc2ccc(OCCCBr)cc21.OCc1ccc2c(c1)/C(=N/O)CC2. The van der Waals surface area contributed by atoms with E-state index in [0.717, 1.165) is 170 Å². The van der Waals surface area contributed by atoms with Crippen molar-refractivity contribution in [2.75, 3.05) is 60.1 Å². The first-order chi connectivity index (χ1) is 48.6. The maximum atomic E-state index is 11.6. The van der Waals surface area contributed by atoms with Crippen LogP contribution in [0.25, 0.3) is 0 Å². The van der Waals surface area contributed by atoms with Gasteiger partial charge in [-0.1, -0.05) is 119 Å². The summed E-state index contributed by atoms with van der Waals surface area (Å²) in [5, 5.41) is 78.6. The second kappa shape index (κ2) is 53.5. The fourth-order valence-electron chi connectivity index (χ4n) is 9.82. The molecule has 0 saturated carbocycles. The number of aromatic hydroxyl groups is 1. The van der Waals surface area contributed by atoms with Crippen LogP contribution in [0.4, 0.5) is 0 Å². The zero-order chi connectivity index (χ0) is 76.4. The van der Waals surface area contributed by atoms with Crippen LogP contribution >= 0.6 is 141 Å². The number of aliphatic hydroxyl groups excluding tert-OH is 4. The lowest BCUT2D eigenvalue weighted by atomic mass is 9.98. The van der Waals surface area contributed by atoms with Gasteiger partial charge in [0.25, 0.3) is 17.7 Å². The number of phenolic OH excluding ortho intramolecular Hbond substituents is 1. The summed E-state index contributed by atoms with van der Waals surface area (Å²) < 4.78 is 50.8. The van der Waals surface area contributed by atoms with Crippen LogP contribution in [0.2, 0.25) is 0 Å². The average Bonchev–Trinajstić information content (AvgIpc) is 1.73. The summed E-state index contributed by atoms with van der Waals surface area (Å²) >= 11 is 28.7. The van der Waals surface area contributed by atoms with Crippen LogP contribution in [0, 0.1) is 0 Å². The van der Waals surface area contributed by atoms with E-state index in [2.05, 4.69) is 142 Å². The van der Waals surface area contributed by atoms with Crippen molar-refractivity contribution in [3.05, 3.63) is 198 Å². The molecule has 12 rings (SSSR count). The maximum absolute atomic E-state index is 11.6. The van der Waals surface area contributed by atoms with Gasteiger partial charge in [0.2, 0.25) is 9.05 Å². The van der Waals surface area contributed by atoms with Crippen LogP contribution < -0.4 is 26.6 Å². The standard InChI is InChI=1S/C12H14BrNO2.C11H13NO4S.2C10H11NO2.C10H10O2.C9H9NO2.C3H6Br2.CH2Cl2.CH3ClO2S.BBr3.ClH.H3NO/c13-5-1-7-16-10-3-2-9-4-6-14-12(15)11(9)8-10;1-17(14,15)16-12-11-5-4-9-3-2-8(7-13)6-10(9)11;12-6-7-1-2-8-3-4-11-10(13)9(8)5-7;12-6-7-1-2-8-3-4-10(11-13)9(8)5-7;11-6-7-1-2-8-3-4-10(12)9(8)5-7;11-7-2-1-6-3-4-10-9(12)8(6)5-7;4-2-1-3-5;2-1-3;1-5(2,3)4;2-1(3)4;;1-2/h2-3,8H,1,4-7H2,(H,14,15);2-3,6,13H,4-5,7H2,1H3;1-2,5,12H,3-4,6H2,(H,11,13);1-2,5,12-13H,3-4,6H2;1-2,5,11H,3-4,6H2;1-2,5,11H,3-4H2,(H,10,12);1-3H2;1H2;1H3;;1H;2H,1H2/b;12-11+;;11-10+;;;;;;;;. The molecular formula is C67H83BBr6Cl4N6O17S2. The Hall–Kier alpha value is -4.30. The van der Waals surface area contributed by atoms with E-state index >= 15 is 0 Å². The Labute approximate surface area is 672 Å². The molecule has 0 unspecified atom stereocenters. The van der Waals surface area contributed by atoms with Crippen molar-refractivity contribution in [3.63, 3.8) is 0 Å². The van der Waals surface area contributed by atoms with Crippen molar-refractivity contribution in [1.82, 2.24) is 16.0 Å². The number of amides is 3. The highest BCUT2D eigenvalue weighted by Gasteiger charge is 2.23. The van der Waals surface area contributed by atoms with Crippen molar-refractivity contribution >= 4 is 199 Å². The Morgan fingerprint density at radius 2 is 0.835 bits per heavy atom. The number of nitrogens with zero attached hydrogens (tertiary/aromatic N) is 2. The van der Waals surface area contributed by atoms with Crippen molar-refractivity contribution in [3.8, 4) is 11.5 Å². The third-order valence-corrected chi connectivity index (χ3v) is 16.4. The van der Waals surface area contributed by atoms with E-state index < -0.39 is 19.2 Å². The fourth-order valence-corrected chi connectivity index (χ4v) is 11.6. The number of aryl methyl sites for hydroxylation is 3. The third-order valence-electron chi connectivity index (χ3n) is 14.4. The highest BCUT2D eigenvalue weighted by atomic mass is 79.9. The number of hydrogen-bond donors (Lipinski definition) is 11. The van der Waals surface area contributed by atoms with E-state index in [1.807, 2.05) is 78.9 Å². The van der Waals surface area contributed by atoms with Gasteiger partial charge in [-0.15, -0.1) is 82.9 Å². The molecule has 3 amide bonds. The molecule has 6 aromatic rings. The highest BCUT2D eigenvalue weighted by Crippen LogP contribution is 2.27. The molecule has 12 N–H and O–H groups in total. The van der Waals surface area contributed by atoms with E-state index in [4.69, 9.17) is 63.9 Å². The predicted octanol–water partition coefficient (Wildman–Crippen LogP) is 12.4. The van der Waals surface area contributed by atoms with Gasteiger partial charge in [-0.2, -0.15) is 8.42 Å². The summed E-state index contributed by atoms with van der Waals surface area (Å²) in [6.45, 7) is 2.79. The molecular weight excluding hydrogens is 1860 g/mol. The minimum Gasteiger partial charge on any atom is -0.508 e. The van der Waals surface area contributed by atoms with Gasteiger partial charge < -0.3 is 56.6 Å². The maximum Gasteiger partial charge on any atom is 0.369 e. The Kier molecular flexibility index (Phi) is 50.2. The molecule has 3 heterocycles. The van der Waals surface area contributed by atoms with E-state index in [9.17, 15) is 36.0 Å². The number of hydrogen-bond acceptors (Lipinski definition) is 20. The molecule has 0 saturated heterocycles. The Balaban J connectivity index is 0.000000589. The summed E-state index contributed by atoms with van der Waals surface area (Å²) in [6.07, 6.45) is 11.4. The number of nitrogens with one attached hydrogen (secondary N) is 3. The van der Waals surface area contributed by atoms with Crippen LogP contribution in [-0.2, 0) is 88.4 Å². The number of ketones is 1. The number of phenols is 1. The number of Topliss-reactive ketones (excluding diaryl/α,β-unsaturated/α-hetero) is 1. The van der Waals surface area contributed by atoms with Crippen LogP contribution in [0.3, 0.4) is 0 Å². The molecule has 3 aliphatic carbocycles. The number of ether oxygens (including phenoxy) is 1. The Morgan fingerprint density at radius 1 is 0.505 bits per heavy atom. The fraction of sp³-hybridized carbons (Fsp3) is 0.373. The first-order valence-corrected chi connectivity index (χ1v) is 42.7. The first-order valence-electron chi connectivity index (χ1n) is 31.0. The number of carbonyl (C=O) groups excluding carboxylic acids is 4. The summed E-state index contributed by atoms with van der Waals surface area (Å²) in [5.41, 5.74) is 15.9. The summed E-state index contributed by atoms with van der Waals surface area (Å²) in [4.78, 5) is 45.4. The van der Waals surface area contributed by atoms with E-state index in [-0.39, 0.29) is 76.6 Å². The molecule has 0 fully saturated rings. The van der Waals surface area contributed by atoms with Gasteiger partial charge in [0.1, 0.15) is 11.5 Å². The zero-order valence-electron chi connectivity index (χ0n) is 56.0. The number of aliphatic hydroxyl groups is 4. The zero-order valence-corrected chi connectivity index (χ0v) is 70.3. The molecule has 0 spiro atoms. The van der Waals surface area contributed by atoms with Crippen LogP contribution in [-0.4, -0.2) is 151 Å². The van der Waals surface area contributed by atoms with Gasteiger partial charge >= 0.3 is 13.3 Å². The molecule has 36 heteroatoms. The second-order valence-corrected chi connectivity index (χ2v) is 35.9. The van der Waals surface area contributed by atoms with E-state index in [0.29, 0.717) is 49.4 Å². The number of alkyl halides is 5. The number of nitrogens with two attached hydrogens (primary N) is 1. The Morgan fingerprint density at radius 3 is 1.22 bits per heavy atom. The van der Waals surface area contributed by atoms with E-state index in [1.54, 1.807) is 24.3 Å². The number of oxime groups is 2. The summed E-state index contributed by atoms with van der Waals surface area (Å²) in [7, 11) is -2.26. The van der Waals surface area contributed by atoms with Gasteiger partial charge in [0.15, 0.2) is 5.78 Å². The monoisotopic (exact) mass is 1930 g/mol. The topological polar surface area (TPSA) is 383 Å². The normalized spacial score (nSPS) is 14.1. The molecule has 23 nitrogen and oxygen atoms in total. The lowest BCUT2D eigenvalue weighted by Crippen LogP contribution is -2.31. The number of carbonyl (C=O) groups is 4. The molecule has 6 aliphatic rings. The smallest absolute Gasteiger partial charge is 0.369 e. The highest BCUT2D eigenvalue weighted by molar-refractivity contribution is 9.69. The molecule has 6 aromatic carbocycles. The molecule has 0 atom stereocenters. The summed E-state index contributed by atoms with van der Waals surface area (Å²) in [5.74, 6) is 4.51. The van der Waals surface area contributed by atoms with Crippen molar-refractivity contribution in [1.29, 1.82) is 0 Å². The lowest BCUT2D eigenvalue weighted by Gasteiger charge is -2.17. The number of rotatable bonds is 12. The van der Waals surface area contributed by atoms with Crippen LogP contribution in [0.15, 0.2) is 120 Å². The molecule has 0 radical (unpaired) electrons. The molecule has 568 valence electrons. The van der Waals surface area contributed by atoms with Gasteiger partial charge in [-0.25, -0.2) is 14.3 Å². The van der Waals surface area contributed by atoms with Gasteiger partial charge in [-0.3, -0.25) is 23.5 Å². The third kappa shape index (κ3) is 37.9. The van der Waals surface area contributed by atoms with E-state index in [1.165, 1.54) is 18.1 Å². The number of fused-ring (bicyclic) bond motifs is 6.